The molecule has 0 amide bonds. The zero-order valence-corrected chi connectivity index (χ0v) is 12.0. The molecule has 0 spiro atoms. The van der Waals surface area contributed by atoms with Crippen molar-refractivity contribution < 1.29 is 22.7 Å². The molecule has 4 nitrogen and oxygen atoms in total. The summed E-state index contributed by atoms with van der Waals surface area (Å²) < 4.78 is 41.2. The van der Waals surface area contributed by atoms with Crippen LogP contribution in [0.3, 0.4) is 0 Å². The summed E-state index contributed by atoms with van der Waals surface area (Å²) in [6, 6.07) is 4.13. The van der Waals surface area contributed by atoms with Crippen LogP contribution < -0.4 is 4.74 Å². The molecule has 0 aliphatic carbocycles. The van der Waals surface area contributed by atoms with Gasteiger partial charge in [0.1, 0.15) is 6.61 Å². The average Bonchev–Trinajstić information content (AvgIpc) is 2.42. The second-order valence-electron chi connectivity index (χ2n) is 4.01. The van der Waals surface area contributed by atoms with Crippen LogP contribution in [0.4, 0.5) is 4.39 Å². The number of aliphatic hydroxyl groups is 1. The van der Waals surface area contributed by atoms with Gasteiger partial charge in [0.25, 0.3) is 0 Å². The van der Waals surface area contributed by atoms with Crippen molar-refractivity contribution >= 4 is 9.84 Å². The van der Waals surface area contributed by atoms with E-state index >= 15 is 0 Å². The monoisotopic (exact) mass is 300 g/mol. The highest BCUT2D eigenvalue weighted by molar-refractivity contribution is 7.91. The Morgan fingerprint density at radius 1 is 1.40 bits per heavy atom. The minimum atomic E-state index is -3.13. The van der Waals surface area contributed by atoms with Crippen LogP contribution in [0.1, 0.15) is 18.9 Å². The lowest BCUT2D eigenvalue weighted by atomic mass is 10.2. The van der Waals surface area contributed by atoms with Crippen molar-refractivity contribution in [3.05, 3.63) is 29.6 Å². The second-order valence-corrected chi connectivity index (χ2v) is 6.48. The number of halogens is 1. The summed E-state index contributed by atoms with van der Waals surface area (Å²) in [5.41, 5.74) is 0.549. The molecule has 1 rings (SSSR count). The molecule has 0 radical (unpaired) electrons. The van der Waals surface area contributed by atoms with E-state index in [1.807, 2.05) is 0 Å². The molecular weight excluding hydrogens is 283 g/mol. The van der Waals surface area contributed by atoms with E-state index in [0.717, 1.165) is 0 Å². The Morgan fingerprint density at radius 2 is 2.15 bits per heavy atom. The third kappa shape index (κ3) is 5.59. The van der Waals surface area contributed by atoms with Gasteiger partial charge >= 0.3 is 0 Å². The molecule has 1 aromatic rings. The van der Waals surface area contributed by atoms with Crippen LogP contribution in [0.15, 0.2) is 18.2 Å². The van der Waals surface area contributed by atoms with Gasteiger partial charge in [0.05, 0.1) is 12.4 Å². The van der Waals surface area contributed by atoms with Gasteiger partial charge in [-0.15, -0.1) is 0 Å². The maximum absolute atomic E-state index is 13.5. The van der Waals surface area contributed by atoms with Gasteiger partial charge in [0.2, 0.25) is 0 Å². The molecule has 0 saturated carbocycles. The fraction of sp³-hybridized carbons (Fsp3) is 0.429. The maximum atomic E-state index is 13.5. The van der Waals surface area contributed by atoms with Crippen molar-refractivity contribution in [3.8, 4) is 17.6 Å². The van der Waals surface area contributed by atoms with Gasteiger partial charge in [-0.1, -0.05) is 18.8 Å². The summed E-state index contributed by atoms with van der Waals surface area (Å²) in [5.74, 6) is 4.77. The fourth-order valence-corrected chi connectivity index (χ4v) is 1.96. The number of hydrogen-bond donors (Lipinski definition) is 1. The topological polar surface area (TPSA) is 63.6 Å². The van der Waals surface area contributed by atoms with Crippen molar-refractivity contribution in [2.45, 2.75) is 13.3 Å². The van der Waals surface area contributed by atoms with Gasteiger partial charge in [0, 0.05) is 17.7 Å². The molecule has 0 aliphatic rings. The molecule has 1 aromatic carbocycles. The highest BCUT2D eigenvalue weighted by Gasteiger charge is 2.09. The van der Waals surface area contributed by atoms with Crippen LogP contribution in [-0.4, -0.2) is 38.2 Å². The number of benzene rings is 1. The van der Waals surface area contributed by atoms with E-state index in [1.165, 1.54) is 18.2 Å². The first kappa shape index (κ1) is 16.5. The van der Waals surface area contributed by atoms with Crippen LogP contribution in [-0.2, 0) is 9.84 Å². The van der Waals surface area contributed by atoms with Crippen molar-refractivity contribution in [3.63, 3.8) is 0 Å². The molecule has 1 N–H and O–H groups in total. The van der Waals surface area contributed by atoms with E-state index in [2.05, 4.69) is 11.8 Å². The van der Waals surface area contributed by atoms with Gasteiger partial charge in [0.15, 0.2) is 21.4 Å². The Bertz CT molecular complexity index is 599. The Kier molecular flexibility index (Phi) is 6.49. The van der Waals surface area contributed by atoms with Crippen LogP contribution in [0.25, 0.3) is 0 Å². The van der Waals surface area contributed by atoms with Crippen LogP contribution in [0, 0.1) is 17.7 Å². The van der Waals surface area contributed by atoms with Crippen molar-refractivity contribution in [1.82, 2.24) is 0 Å². The lowest BCUT2D eigenvalue weighted by Gasteiger charge is -2.07. The molecule has 0 saturated heterocycles. The van der Waals surface area contributed by atoms with E-state index < -0.39 is 15.7 Å². The molecule has 0 bridgehead atoms. The van der Waals surface area contributed by atoms with Crippen LogP contribution >= 0.6 is 0 Å². The Labute approximate surface area is 118 Å². The molecule has 6 heteroatoms. The molecule has 0 unspecified atom stereocenters. The number of rotatable bonds is 6. The van der Waals surface area contributed by atoms with Crippen LogP contribution in [0.5, 0.6) is 5.75 Å². The van der Waals surface area contributed by atoms with E-state index in [0.29, 0.717) is 12.0 Å². The van der Waals surface area contributed by atoms with Gasteiger partial charge in [-0.2, -0.15) is 0 Å². The summed E-state index contributed by atoms with van der Waals surface area (Å²) in [5, 5.41) is 8.61. The zero-order valence-electron chi connectivity index (χ0n) is 11.2. The maximum Gasteiger partial charge on any atom is 0.165 e. The molecule has 0 fully saturated rings. The van der Waals surface area contributed by atoms with Gasteiger partial charge in [-0.3, -0.25) is 0 Å². The van der Waals surface area contributed by atoms with Gasteiger partial charge in [-0.05, 0) is 18.2 Å². The summed E-state index contributed by atoms with van der Waals surface area (Å²) in [6.07, 6.45) is 0.336. The predicted molar refractivity (Wildman–Crippen MR) is 74.8 cm³/mol. The number of aliphatic hydroxyl groups excluding tert-OH is 1. The first-order valence-electron chi connectivity index (χ1n) is 6.21. The summed E-state index contributed by atoms with van der Waals surface area (Å²) in [4.78, 5) is 0. The molecule has 20 heavy (non-hydrogen) atoms. The van der Waals surface area contributed by atoms with E-state index in [1.54, 1.807) is 6.92 Å². The Morgan fingerprint density at radius 3 is 2.80 bits per heavy atom. The predicted octanol–water partition coefficient (Wildman–Crippen LogP) is 1.37. The highest BCUT2D eigenvalue weighted by Crippen LogP contribution is 2.18. The number of sulfone groups is 1. The molecular formula is C14H17FO4S. The average molecular weight is 300 g/mol. The van der Waals surface area contributed by atoms with E-state index in [-0.39, 0.29) is 30.5 Å². The first-order chi connectivity index (χ1) is 9.48. The van der Waals surface area contributed by atoms with Crippen molar-refractivity contribution in [2.24, 2.45) is 0 Å². The van der Waals surface area contributed by atoms with Crippen LogP contribution in [0.2, 0.25) is 0 Å². The fourth-order valence-electron chi connectivity index (χ4n) is 1.34. The standard InChI is InChI=1S/C14H17FO4S/c1-2-20(17,18)10-9-19-14-11-12(5-3-4-8-16)6-7-13(14)15/h6-7,11,16H,2,4,8-10H2,1H3. The number of ether oxygens (including phenoxy) is 1. The molecule has 0 atom stereocenters. The van der Waals surface area contributed by atoms with Gasteiger partial charge in [-0.25, -0.2) is 12.8 Å². The SMILES string of the molecule is CCS(=O)(=O)CCOc1cc(C#CCCO)ccc1F. The quantitative estimate of drug-likeness (QED) is 0.806. The van der Waals surface area contributed by atoms with Gasteiger partial charge < -0.3 is 9.84 Å². The van der Waals surface area contributed by atoms with E-state index in [4.69, 9.17) is 9.84 Å². The van der Waals surface area contributed by atoms with Crippen molar-refractivity contribution in [1.29, 1.82) is 0 Å². The lowest BCUT2D eigenvalue weighted by Crippen LogP contribution is -2.16. The molecule has 0 heterocycles. The molecule has 110 valence electrons. The van der Waals surface area contributed by atoms with Crippen molar-refractivity contribution in [2.75, 3.05) is 24.7 Å². The smallest absolute Gasteiger partial charge is 0.165 e. The second kappa shape index (κ2) is 7.88. The summed E-state index contributed by atoms with van der Waals surface area (Å²) >= 11 is 0. The third-order valence-corrected chi connectivity index (χ3v) is 4.16. The van der Waals surface area contributed by atoms with E-state index in [9.17, 15) is 12.8 Å². The molecule has 0 aliphatic heterocycles. The minimum absolute atomic E-state index is 0.0212. The summed E-state index contributed by atoms with van der Waals surface area (Å²) in [7, 11) is -3.13. The minimum Gasteiger partial charge on any atom is -0.489 e. The Balaban J connectivity index is 2.70. The first-order valence-corrected chi connectivity index (χ1v) is 8.03. The largest absolute Gasteiger partial charge is 0.489 e. The summed E-state index contributed by atoms with van der Waals surface area (Å²) in [6.45, 7) is 1.42. The zero-order chi connectivity index (χ0) is 15.0. The molecule has 0 aromatic heterocycles. The number of hydrogen-bond acceptors (Lipinski definition) is 4. The highest BCUT2D eigenvalue weighted by atomic mass is 32.2. The third-order valence-electron chi connectivity index (χ3n) is 2.49. The lowest BCUT2D eigenvalue weighted by molar-refractivity contribution is 0.305. The Hall–Kier alpha value is -1.58. The normalized spacial score (nSPS) is 10.8.